The lowest BCUT2D eigenvalue weighted by molar-refractivity contribution is -0.161. The molecule has 19 heteroatoms. The molecule has 0 bridgehead atoms. The Balaban J connectivity index is 5.15. The number of phosphoric ester groups is 2. The first-order valence-corrected chi connectivity index (χ1v) is 40.3. The highest BCUT2D eigenvalue weighted by atomic mass is 31.2. The molecular formula is C71H138O17P2. The fourth-order valence-electron chi connectivity index (χ4n) is 10.9. The lowest BCUT2D eigenvalue weighted by Crippen LogP contribution is -2.30. The van der Waals surface area contributed by atoms with Crippen LogP contribution in [0.5, 0.6) is 0 Å². The second-order valence-corrected chi connectivity index (χ2v) is 28.5. The van der Waals surface area contributed by atoms with E-state index < -0.39 is 97.5 Å². The zero-order valence-corrected chi connectivity index (χ0v) is 59.9. The minimum absolute atomic E-state index is 0.106. The first-order chi connectivity index (χ1) is 43.7. The van der Waals surface area contributed by atoms with E-state index in [0.717, 1.165) is 103 Å². The van der Waals surface area contributed by atoms with Crippen LogP contribution in [-0.4, -0.2) is 96.7 Å². The molecule has 0 spiro atoms. The molecule has 0 fully saturated rings. The molecular weight excluding hydrogens is 1190 g/mol. The quantitative estimate of drug-likeness (QED) is 0.0222. The van der Waals surface area contributed by atoms with Crippen molar-refractivity contribution in [3.63, 3.8) is 0 Å². The highest BCUT2D eigenvalue weighted by Crippen LogP contribution is 2.45. The van der Waals surface area contributed by atoms with Crippen molar-refractivity contribution in [1.82, 2.24) is 0 Å². The molecule has 90 heavy (non-hydrogen) atoms. The van der Waals surface area contributed by atoms with Gasteiger partial charge in [0.05, 0.1) is 26.4 Å². The van der Waals surface area contributed by atoms with Crippen molar-refractivity contribution in [2.24, 2.45) is 0 Å². The van der Waals surface area contributed by atoms with Gasteiger partial charge in [-0.3, -0.25) is 37.3 Å². The molecule has 0 aliphatic carbocycles. The normalized spacial score (nSPS) is 14.0. The summed E-state index contributed by atoms with van der Waals surface area (Å²) in [5, 5.41) is 10.6. The molecule has 0 aromatic carbocycles. The number of ether oxygens (including phenoxy) is 4. The van der Waals surface area contributed by atoms with Gasteiger partial charge in [0, 0.05) is 25.7 Å². The Kier molecular flexibility index (Phi) is 64.3. The van der Waals surface area contributed by atoms with Gasteiger partial charge in [0.2, 0.25) is 0 Å². The second kappa shape index (κ2) is 65.7. The summed E-state index contributed by atoms with van der Waals surface area (Å²) >= 11 is 0. The zero-order valence-electron chi connectivity index (χ0n) is 58.1. The minimum atomic E-state index is -4.95. The average molecular weight is 1330 g/mol. The number of hydrogen-bond donors (Lipinski definition) is 3. The number of esters is 4. The van der Waals surface area contributed by atoms with E-state index in [2.05, 4.69) is 27.7 Å². The third kappa shape index (κ3) is 64.8. The standard InChI is InChI=1S/C71H138O17P2/c1-5-9-13-17-21-24-26-28-30-31-32-33-34-35-37-39-42-46-50-54-58-71(76)88-67(62-82-69(74)56-52-48-44-41-38-36-29-27-25-22-18-14-10-6-2)64-86-90(79,80)84-60-65(72)59-83-89(77,78)85-63-66(61-81-68(73)55-51-47-43-20-16-12-8-4)87-70(75)57-53-49-45-40-23-19-15-11-7-3/h65-67,72H,5-64H2,1-4H3,(H,77,78)(H,79,80)/t65-,66+,67+/m0/s1. The topological polar surface area (TPSA) is 237 Å². The lowest BCUT2D eigenvalue weighted by atomic mass is 10.0. The van der Waals surface area contributed by atoms with Gasteiger partial charge in [-0.2, -0.15) is 0 Å². The van der Waals surface area contributed by atoms with Crippen molar-refractivity contribution in [2.75, 3.05) is 39.6 Å². The largest absolute Gasteiger partial charge is 0.472 e. The Morgan fingerprint density at radius 1 is 0.267 bits per heavy atom. The Morgan fingerprint density at radius 2 is 0.444 bits per heavy atom. The summed E-state index contributed by atoms with van der Waals surface area (Å²) in [7, 11) is -9.89. The number of carbonyl (C=O) groups excluding carboxylic acids is 4. The summed E-state index contributed by atoms with van der Waals surface area (Å²) in [6.07, 6.45) is 54.3. The van der Waals surface area contributed by atoms with Crippen LogP contribution in [-0.2, 0) is 65.4 Å². The molecule has 0 rings (SSSR count). The monoisotopic (exact) mass is 1320 g/mol. The summed E-state index contributed by atoms with van der Waals surface area (Å²) in [5.41, 5.74) is 0. The van der Waals surface area contributed by atoms with E-state index in [1.165, 1.54) is 193 Å². The molecule has 0 heterocycles. The zero-order chi connectivity index (χ0) is 66.1. The van der Waals surface area contributed by atoms with E-state index in [-0.39, 0.29) is 25.7 Å². The molecule has 0 radical (unpaired) electrons. The lowest BCUT2D eigenvalue weighted by Gasteiger charge is -2.21. The average Bonchev–Trinajstić information content (AvgIpc) is 3.64. The van der Waals surface area contributed by atoms with Crippen LogP contribution >= 0.6 is 15.6 Å². The fourth-order valence-corrected chi connectivity index (χ4v) is 12.4. The smallest absolute Gasteiger partial charge is 0.462 e. The van der Waals surface area contributed by atoms with Gasteiger partial charge in [0.1, 0.15) is 19.3 Å². The summed E-state index contributed by atoms with van der Waals surface area (Å²) in [6.45, 7) is 4.89. The van der Waals surface area contributed by atoms with Gasteiger partial charge >= 0.3 is 39.5 Å². The Labute approximate surface area is 549 Å². The Bertz CT molecular complexity index is 1720. The molecule has 0 amide bonds. The molecule has 5 atom stereocenters. The number of unbranched alkanes of at least 4 members (excludes halogenated alkanes) is 46. The third-order valence-corrected chi connectivity index (χ3v) is 18.5. The van der Waals surface area contributed by atoms with Crippen molar-refractivity contribution in [2.45, 2.75) is 393 Å². The van der Waals surface area contributed by atoms with Crippen molar-refractivity contribution in [3.8, 4) is 0 Å². The predicted molar refractivity (Wildman–Crippen MR) is 363 cm³/mol. The van der Waals surface area contributed by atoms with Crippen LogP contribution in [0.2, 0.25) is 0 Å². The van der Waals surface area contributed by atoms with Gasteiger partial charge in [-0.15, -0.1) is 0 Å². The van der Waals surface area contributed by atoms with E-state index >= 15 is 0 Å². The highest BCUT2D eigenvalue weighted by Gasteiger charge is 2.30. The molecule has 534 valence electrons. The number of hydrogen-bond acceptors (Lipinski definition) is 15. The van der Waals surface area contributed by atoms with Crippen LogP contribution in [0.1, 0.15) is 374 Å². The molecule has 0 aliphatic heterocycles. The Morgan fingerprint density at radius 3 is 0.656 bits per heavy atom. The van der Waals surface area contributed by atoms with Crippen molar-refractivity contribution in [3.05, 3.63) is 0 Å². The van der Waals surface area contributed by atoms with Crippen LogP contribution in [0.3, 0.4) is 0 Å². The second-order valence-electron chi connectivity index (χ2n) is 25.6. The minimum Gasteiger partial charge on any atom is -0.462 e. The van der Waals surface area contributed by atoms with Crippen LogP contribution in [0.15, 0.2) is 0 Å². The Hall–Kier alpha value is -1.94. The fraction of sp³-hybridized carbons (Fsp3) is 0.944. The van der Waals surface area contributed by atoms with Crippen molar-refractivity contribution in [1.29, 1.82) is 0 Å². The maximum Gasteiger partial charge on any atom is 0.472 e. The SMILES string of the molecule is CCCCCCCCCCCCCCCCCCCCCCC(=O)O[C@H](COC(=O)CCCCCCCCCCCCCCCC)COP(=O)(O)OC[C@@H](O)COP(=O)(O)OC[C@@H](COC(=O)CCCCCCCCC)OC(=O)CCCCCCCCCCC. The predicted octanol–water partition coefficient (Wildman–Crippen LogP) is 20.7. The summed E-state index contributed by atoms with van der Waals surface area (Å²) in [4.78, 5) is 72.4. The summed E-state index contributed by atoms with van der Waals surface area (Å²) in [5.74, 6) is -2.13. The van der Waals surface area contributed by atoms with E-state index in [4.69, 9.17) is 37.0 Å². The number of carbonyl (C=O) groups is 4. The van der Waals surface area contributed by atoms with Gasteiger partial charge in [0.25, 0.3) is 0 Å². The van der Waals surface area contributed by atoms with Crippen LogP contribution < -0.4 is 0 Å². The number of phosphoric acid groups is 2. The summed E-state index contributed by atoms with van der Waals surface area (Å²) < 4.78 is 68.1. The first-order valence-electron chi connectivity index (χ1n) is 37.3. The molecule has 0 aliphatic rings. The number of rotatable bonds is 72. The van der Waals surface area contributed by atoms with Gasteiger partial charge < -0.3 is 33.8 Å². The van der Waals surface area contributed by atoms with Gasteiger partial charge in [-0.25, -0.2) is 9.13 Å². The van der Waals surface area contributed by atoms with Gasteiger partial charge in [-0.1, -0.05) is 323 Å². The maximum atomic E-state index is 13.0. The summed E-state index contributed by atoms with van der Waals surface area (Å²) in [6, 6.07) is 0. The van der Waals surface area contributed by atoms with E-state index in [0.29, 0.717) is 25.7 Å². The van der Waals surface area contributed by atoms with E-state index in [1.54, 1.807) is 0 Å². The van der Waals surface area contributed by atoms with Crippen molar-refractivity contribution < 1.29 is 80.2 Å². The highest BCUT2D eigenvalue weighted by molar-refractivity contribution is 7.47. The van der Waals surface area contributed by atoms with Crippen LogP contribution in [0, 0.1) is 0 Å². The van der Waals surface area contributed by atoms with Gasteiger partial charge in [-0.05, 0) is 25.7 Å². The van der Waals surface area contributed by atoms with E-state index in [9.17, 15) is 43.2 Å². The van der Waals surface area contributed by atoms with Crippen LogP contribution in [0.4, 0.5) is 0 Å². The van der Waals surface area contributed by atoms with Crippen LogP contribution in [0.25, 0.3) is 0 Å². The van der Waals surface area contributed by atoms with Gasteiger partial charge in [0.15, 0.2) is 12.2 Å². The van der Waals surface area contributed by atoms with E-state index in [1.807, 2.05) is 0 Å². The maximum absolute atomic E-state index is 13.0. The molecule has 0 aromatic heterocycles. The molecule has 17 nitrogen and oxygen atoms in total. The molecule has 0 saturated heterocycles. The number of aliphatic hydroxyl groups is 1. The molecule has 3 N–H and O–H groups in total. The third-order valence-electron chi connectivity index (χ3n) is 16.6. The molecule has 0 aromatic rings. The molecule has 0 saturated carbocycles. The molecule has 2 unspecified atom stereocenters. The van der Waals surface area contributed by atoms with Crippen molar-refractivity contribution >= 4 is 39.5 Å². The first kappa shape index (κ1) is 88.1. The number of aliphatic hydroxyl groups excluding tert-OH is 1.